The molecule has 0 bridgehead atoms. The monoisotopic (exact) mass is 179 g/mol. The quantitative estimate of drug-likeness (QED) is 0.459. The van der Waals surface area contributed by atoms with E-state index in [0.717, 1.165) is 12.1 Å². The molecule has 0 aliphatic rings. The summed E-state index contributed by atoms with van der Waals surface area (Å²) in [6.07, 6.45) is 4.81. The fraction of sp³-hybridized carbons (Fsp3) is 0.583. The van der Waals surface area contributed by atoms with E-state index in [9.17, 15) is 0 Å². The Labute approximate surface area is 82.3 Å². The van der Waals surface area contributed by atoms with E-state index < -0.39 is 0 Å². The number of nitrogens with zero attached hydrogens (tertiary/aromatic N) is 1. The van der Waals surface area contributed by atoms with Crippen molar-refractivity contribution in [2.75, 3.05) is 0 Å². The van der Waals surface area contributed by atoms with Gasteiger partial charge in [-0.15, -0.1) is 0 Å². The molecular weight excluding hydrogens is 158 g/mol. The minimum Gasteiger partial charge on any atom is -0.266 e. The molecular formula is C12H21N. The maximum absolute atomic E-state index is 4.36. The number of allylic oxidation sites excluding steroid dienone is 2. The van der Waals surface area contributed by atoms with Crippen molar-refractivity contribution in [3.63, 3.8) is 0 Å². The van der Waals surface area contributed by atoms with Crippen molar-refractivity contribution >= 4 is 5.71 Å². The van der Waals surface area contributed by atoms with Crippen LogP contribution < -0.4 is 0 Å². The Morgan fingerprint density at radius 2 is 1.92 bits per heavy atom. The van der Waals surface area contributed by atoms with E-state index in [4.69, 9.17) is 0 Å². The first-order valence-corrected chi connectivity index (χ1v) is 4.78. The average molecular weight is 179 g/mol. The van der Waals surface area contributed by atoms with Crippen molar-refractivity contribution in [3.8, 4) is 0 Å². The van der Waals surface area contributed by atoms with Gasteiger partial charge in [-0.3, -0.25) is 4.99 Å². The standard InChI is InChI=1S/C12H21N/c1-7-10(3)13-9-11(8-2)12(4,5)6/h8-9H,2,7H2,1,3-6H3/b11-9+,13-10?. The highest BCUT2D eigenvalue weighted by atomic mass is 14.7. The zero-order chi connectivity index (χ0) is 10.5. The Morgan fingerprint density at radius 3 is 2.23 bits per heavy atom. The van der Waals surface area contributed by atoms with Crippen LogP contribution in [-0.2, 0) is 0 Å². The maximum Gasteiger partial charge on any atom is 0.0304 e. The van der Waals surface area contributed by atoms with Gasteiger partial charge in [0.1, 0.15) is 0 Å². The van der Waals surface area contributed by atoms with Gasteiger partial charge in [-0.1, -0.05) is 40.3 Å². The third-order valence-electron chi connectivity index (χ3n) is 2.02. The summed E-state index contributed by atoms with van der Waals surface area (Å²) in [5.41, 5.74) is 2.48. The predicted molar refractivity (Wildman–Crippen MR) is 61.1 cm³/mol. The van der Waals surface area contributed by atoms with Crippen molar-refractivity contribution in [2.24, 2.45) is 10.4 Å². The fourth-order valence-corrected chi connectivity index (χ4v) is 0.824. The molecule has 0 aliphatic heterocycles. The van der Waals surface area contributed by atoms with Crippen molar-refractivity contribution < 1.29 is 0 Å². The Balaban J connectivity index is 4.69. The molecule has 74 valence electrons. The summed E-state index contributed by atoms with van der Waals surface area (Å²) in [4.78, 5) is 4.36. The molecule has 0 unspecified atom stereocenters. The lowest BCUT2D eigenvalue weighted by atomic mass is 9.87. The van der Waals surface area contributed by atoms with Crippen LogP contribution in [-0.4, -0.2) is 5.71 Å². The average Bonchev–Trinajstić information content (AvgIpc) is 2.02. The highest BCUT2D eigenvalue weighted by Crippen LogP contribution is 2.25. The van der Waals surface area contributed by atoms with Crippen LogP contribution in [0.5, 0.6) is 0 Å². The molecule has 0 rings (SSSR count). The van der Waals surface area contributed by atoms with E-state index in [-0.39, 0.29) is 5.41 Å². The third-order valence-corrected chi connectivity index (χ3v) is 2.02. The summed E-state index contributed by atoms with van der Waals surface area (Å²) >= 11 is 0. The molecule has 0 spiro atoms. The first kappa shape index (κ1) is 12.2. The first-order valence-electron chi connectivity index (χ1n) is 4.78. The van der Waals surface area contributed by atoms with Gasteiger partial charge in [-0.25, -0.2) is 0 Å². The lowest BCUT2D eigenvalue weighted by Gasteiger charge is -2.18. The molecule has 0 amide bonds. The highest BCUT2D eigenvalue weighted by Gasteiger charge is 2.13. The molecule has 0 atom stereocenters. The topological polar surface area (TPSA) is 12.4 Å². The van der Waals surface area contributed by atoms with Crippen LogP contribution in [0, 0.1) is 5.41 Å². The predicted octanol–water partition coefficient (Wildman–Crippen LogP) is 3.97. The van der Waals surface area contributed by atoms with Crippen molar-refractivity contribution in [2.45, 2.75) is 41.0 Å². The fourth-order valence-electron chi connectivity index (χ4n) is 0.824. The van der Waals surface area contributed by atoms with Crippen molar-refractivity contribution in [1.29, 1.82) is 0 Å². The van der Waals surface area contributed by atoms with E-state index in [1.807, 2.05) is 19.2 Å². The molecule has 1 heteroatoms. The lowest BCUT2D eigenvalue weighted by molar-refractivity contribution is 0.516. The summed E-state index contributed by atoms with van der Waals surface area (Å²) in [6.45, 7) is 14.4. The summed E-state index contributed by atoms with van der Waals surface area (Å²) in [7, 11) is 0. The van der Waals surface area contributed by atoms with E-state index in [2.05, 4.69) is 39.3 Å². The van der Waals surface area contributed by atoms with E-state index in [1.165, 1.54) is 5.57 Å². The van der Waals surface area contributed by atoms with Crippen LogP contribution in [0.25, 0.3) is 0 Å². The number of hydrogen-bond acceptors (Lipinski definition) is 1. The summed E-state index contributed by atoms with van der Waals surface area (Å²) < 4.78 is 0. The van der Waals surface area contributed by atoms with Crippen molar-refractivity contribution in [1.82, 2.24) is 0 Å². The second-order valence-corrected chi connectivity index (χ2v) is 4.26. The molecule has 1 nitrogen and oxygen atoms in total. The Bertz CT molecular complexity index is 226. The molecule has 13 heavy (non-hydrogen) atoms. The van der Waals surface area contributed by atoms with Crippen molar-refractivity contribution in [3.05, 3.63) is 24.4 Å². The number of rotatable bonds is 3. The Hall–Kier alpha value is -0.850. The second kappa shape index (κ2) is 5.00. The largest absolute Gasteiger partial charge is 0.266 e. The van der Waals surface area contributed by atoms with Gasteiger partial charge in [0, 0.05) is 11.9 Å². The SMILES string of the molecule is C=C/C(=C\N=C(C)CC)C(C)(C)C. The second-order valence-electron chi connectivity index (χ2n) is 4.26. The van der Waals surface area contributed by atoms with Crippen LogP contribution in [0.1, 0.15) is 41.0 Å². The van der Waals surface area contributed by atoms with Gasteiger partial charge < -0.3 is 0 Å². The Kier molecular flexibility index (Phi) is 4.68. The maximum atomic E-state index is 4.36. The molecule has 0 saturated heterocycles. The molecule has 0 aliphatic carbocycles. The van der Waals surface area contributed by atoms with Gasteiger partial charge in [0.25, 0.3) is 0 Å². The zero-order valence-electron chi connectivity index (χ0n) is 9.52. The van der Waals surface area contributed by atoms with Crippen LogP contribution in [0.15, 0.2) is 29.4 Å². The van der Waals surface area contributed by atoms with Gasteiger partial charge in [0.15, 0.2) is 0 Å². The normalized spacial score (nSPS) is 14.5. The van der Waals surface area contributed by atoms with E-state index in [0.29, 0.717) is 0 Å². The summed E-state index contributed by atoms with van der Waals surface area (Å²) in [6, 6.07) is 0. The first-order chi connectivity index (χ1) is 5.91. The van der Waals surface area contributed by atoms with Gasteiger partial charge in [0.05, 0.1) is 0 Å². The van der Waals surface area contributed by atoms with Gasteiger partial charge in [-0.2, -0.15) is 0 Å². The van der Waals surface area contributed by atoms with Gasteiger partial charge >= 0.3 is 0 Å². The molecule has 0 aromatic rings. The highest BCUT2D eigenvalue weighted by molar-refractivity contribution is 5.82. The molecule has 0 heterocycles. The van der Waals surface area contributed by atoms with Crippen LogP contribution in [0.3, 0.4) is 0 Å². The zero-order valence-corrected chi connectivity index (χ0v) is 9.52. The molecule has 0 N–H and O–H groups in total. The minimum atomic E-state index is 0.138. The van der Waals surface area contributed by atoms with Crippen LogP contribution >= 0.6 is 0 Å². The summed E-state index contributed by atoms with van der Waals surface area (Å²) in [5.74, 6) is 0. The van der Waals surface area contributed by atoms with Gasteiger partial charge in [0.2, 0.25) is 0 Å². The number of aliphatic imine (C=N–C) groups is 1. The lowest BCUT2D eigenvalue weighted by Crippen LogP contribution is -2.07. The smallest absolute Gasteiger partial charge is 0.0304 e. The third kappa shape index (κ3) is 4.66. The van der Waals surface area contributed by atoms with E-state index >= 15 is 0 Å². The van der Waals surface area contributed by atoms with E-state index in [1.54, 1.807) is 0 Å². The van der Waals surface area contributed by atoms with Crippen LogP contribution in [0.2, 0.25) is 0 Å². The molecule has 0 aromatic heterocycles. The minimum absolute atomic E-state index is 0.138. The molecule has 0 saturated carbocycles. The molecule has 0 radical (unpaired) electrons. The molecule has 0 fully saturated rings. The van der Waals surface area contributed by atoms with Crippen LogP contribution in [0.4, 0.5) is 0 Å². The Morgan fingerprint density at radius 1 is 1.38 bits per heavy atom. The molecule has 0 aromatic carbocycles. The van der Waals surface area contributed by atoms with Gasteiger partial charge in [-0.05, 0) is 24.3 Å². The number of hydrogen-bond donors (Lipinski definition) is 0. The summed E-state index contributed by atoms with van der Waals surface area (Å²) in [5, 5.41) is 0.